The number of carbonyl (C=O) groups is 1. The van der Waals surface area contributed by atoms with Crippen LogP contribution in [0.1, 0.15) is 37.2 Å². The monoisotopic (exact) mass is 231 g/mol. The highest BCUT2D eigenvalue weighted by Gasteiger charge is 2.49. The maximum atomic E-state index is 12.3. The molecule has 3 nitrogen and oxygen atoms in total. The molecular weight excluding hydrogens is 214 g/mol. The van der Waals surface area contributed by atoms with Gasteiger partial charge in [-0.25, -0.2) is 0 Å². The van der Waals surface area contributed by atoms with Crippen molar-refractivity contribution in [2.75, 3.05) is 11.9 Å². The molecule has 1 aromatic carbocycles. The zero-order chi connectivity index (χ0) is 12.0. The zero-order valence-electron chi connectivity index (χ0n) is 10.0. The maximum Gasteiger partial charge on any atom is 0.237 e. The lowest BCUT2D eigenvalue weighted by atomic mass is 9.81. The number of aliphatic hydroxyl groups is 1. The average molecular weight is 231 g/mol. The van der Waals surface area contributed by atoms with Crippen LogP contribution in [0.15, 0.2) is 24.3 Å². The number of likely N-dealkylation sites (N-methyl/N-ethyl adjacent to an activating group) is 1. The fourth-order valence-electron chi connectivity index (χ4n) is 3.28. The first-order valence-corrected chi connectivity index (χ1v) is 6.22. The number of para-hydroxylation sites is 1. The van der Waals surface area contributed by atoms with Crippen molar-refractivity contribution in [2.24, 2.45) is 0 Å². The second-order valence-corrected chi connectivity index (χ2v) is 5.20. The van der Waals surface area contributed by atoms with Crippen LogP contribution in [-0.4, -0.2) is 23.7 Å². The Bertz CT molecular complexity index is 463. The molecule has 0 bridgehead atoms. The third kappa shape index (κ3) is 1.42. The van der Waals surface area contributed by atoms with E-state index in [1.807, 2.05) is 24.3 Å². The van der Waals surface area contributed by atoms with Crippen molar-refractivity contribution in [3.05, 3.63) is 29.8 Å². The number of carbonyl (C=O) groups excluding carboxylic acids is 1. The van der Waals surface area contributed by atoms with Gasteiger partial charge in [-0.05, 0) is 24.5 Å². The minimum Gasteiger partial charge on any atom is -0.389 e. The van der Waals surface area contributed by atoms with Crippen LogP contribution in [0.25, 0.3) is 0 Å². The molecule has 1 aliphatic heterocycles. The van der Waals surface area contributed by atoms with Gasteiger partial charge >= 0.3 is 0 Å². The molecule has 1 atom stereocenters. The van der Waals surface area contributed by atoms with E-state index in [1.54, 1.807) is 11.9 Å². The highest BCUT2D eigenvalue weighted by atomic mass is 16.3. The summed E-state index contributed by atoms with van der Waals surface area (Å²) in [6.45, 7) is 0. The Morgan fingerprint density at radius 3 is 2.65 bits per heavy atom. The van der Waals surface area contributed by atoms with Crippen LogP contribution in [-0.2, 0) is 4.79 Å². The van der Waals surface area contributed by atoms with E-state index in [4.69, 9.17) is 0 Å². The summed E-state index contributed by atoms with van der Waals surface area (Å²) in [5.74, 6) is -0.318. The highest BCUT2D eigenvalue weighted by molar-refractivity contribution is 6.05. The van der Waals surface area contributed by atoms with E-state index in [9.17, 15) is 9.90 Å². The Hall–Kier alpha value is -1.35. The van der Waals surface area contributed by atoms with E-state index < -0.39 is 5.60 Å². The van der Waals surface area contributed by atoms with Crippen LogP contribution in [0, 0.1) is 0 Å². The number of hydrogen-bond acceptors (Lipinski definition) is 2. The Morgan fingerprint density at radius 2 is 1.94 bits per heavy atom. The van der Waals surface area contributed by atoms with Gasteiger partial charge in [0.15, 0.2) is 0 Å². The number of rotatable bonds is 1. The van der Waals surface area contributed by atoms with Gasteiger partial charge in [-0.15, -0.1) is 0 Å². The minimum absolute atomic E-state index is 0.0376. The molecule has 0 radical (unpaired) electrons. The van der Waals surface area contributed by atoms with Crippen molar-refractivity contribution in [1.82, 2.24) is 0 Å². The minimum atomic E-state index is -0.821. The number of amides is 1. The molecule has 1 unspecified atom stereocenters. The molecule has 1 saturated carbocycles. The Kier molecular flexibility index (Phi) is 2.26. The summed E-state index contributed by atoms with van der Waals surface area (Å²) in [6, 6.07) is 7.80. The largest absolute Gasteiger partial charge is 0.389 e. The van der Waals surface area contributed by atoms with Gasteiger partial charge in [0.1, 0.15) is 0 Å². The van der Waals surface area contributed by atoms with E-state index in [-0.39, 0.29) is 11.8 Å². The van der Waals surface area contributed by atoms with Gasteiger partial charge in [0, 0.05) is 12.7 Å². The Balaban J connectivity index is 2.09. The van der Waals surface area contributed by atoms with Crippen LogP contribution in [0.4, 0.5) is 5.69 Å². The molecule has 3 heteroatoms. The molecule has 1 aromatic rings. The van der Waals surface area contributed by atoms with Gasteiger partial charge in [-0.2, -0.15) is 0 Å². The first-order valence-electron chi connectivity index (χ1n) is 6.22. The van der Waals surface area contributed by atoms with Crippen LogP contribution in [0.2, 0.25) is 0 Å². The topological polar surface area (TPSA) is 40.5 Å². The lowest BCUT2D eigenvalue weighted by Gasteiger charge is -2.28. The number of hydrogen-bond donors (Lipinski definition) is 1. The predicted octanol–water partition coefficient (Wildman–Crippen LogP) is 2.05. The number of fused-ring (bicyclic) bond motifs is 1. The van der Waals surface area contributed by atoms with Crippen LogP contribution < -0.4 is 4.90 Å². The fraction of sp³-hybridized carbons (Fsp3) is 0.500. The number of anilines is 1. The quantitative estimate of drug-likeness (QED) is 0.803. The molecule has 1 N–H and O–H groups in total. The Morgan fingerprint density at radius 1 is 1.29 bits per heavy atom. The normalized spacial score (nSPS) is 26.4. The van der Waals surface area contributed by atoms with E-state index in [0.717, 1.165) is 36.9 Å². The van der Waals surface area contributed by atoms with Crippen molar-refractivity contribution in [3.63, 3.8) is 0 Å². The number of benzene rings is 1. The van der Waals surface area contributed by atoms with Crippen molar-refractivity contribution >= 4 is 11.6 Å². The van der Waals surface area contributed by atoms with E-state index in [2.05, 4.69) is 0 Å². The van der Waals surface area contributed by atoms with Gasteiger partial charge in [0.2, 0.25) is 5.91 Å². The van der Waals surface area contributed by atoms with Gasteiger partial charge in [-0.3, -0.25) is 4.79 Å². The van der Waals surface area contributed by atoms with Crippen LogP contribution in [0.3, 0.4) is 0 Å². The summed E-state index contributed by atoms with van der Waals surface area (Å²) < 4.78 is 0. The van der Waals surface area contributed by atoms with Crippen molar-refractivity contribution in [2.45, 2.75) is 37.2 Å². The molecule has 0 saturated heterocycles. The summed E-state index contributed by atoms with van der Waals surface area (Å²) in [4.78, 5) is 14.0. The van der Waals surface area contributed by atoms with Crippen molar-refractivity contribution < 1.29 is 9.90 Å². The van der Waals surface area contributed by atoms with Gasteiger partial charge in [0.25, 0.3) is 0 Å². The maximum absolute atomic E-state index is 12.3. The molecule has 1 aliphatic carbocycles. The molecule has 2 aliphatic rings. The van der Waals surface area contributed by atoms with E-state index >= 15 is 0 Å². The summed E-state index contributed by atoms with van der Waals surface area (Å²) in [5.41, 5.74) is 1.12. The number of nitrogens with zero attached hydrogens (tertiary/aromatic N) is 1. The van der Waals surface area contributed by atoms with Gasteiger partial charge in [0.05, 0.1) is 11.5 Å². The second-order valence-electron chi connectivity index (χ2n) is 5.20. The molecule has 1 fully saturated rings. The predicted molar refractivity (Wildman–Crippen MR) is 66.0 cm³/mol. The molecule has 17 heavy (non-hydrogen) atoms. The van der Waals surface area contributed by atoms with E-state index in [1.165, 1.54) is 0 Å². The van der Waals surface area contributed by atoms with Gasteiger partial charge < -0.3 is 10.0 Å². The van der Waals surface area contributed by atoms with Crippen LogP contribution in [0.5, 0.6) is 0 Å². The molecule has 0 spiro atoms. The van der Waals surface area contributed by atoms with Crippen molar-refractivity contribution in [3.8, 4) is 0 Å². The molecule has 0 aromatic heterocycles. The third-order valence-electron chi connectivity index (χ3n) is 4.19. The first-order chi connectivity index (χ1) is 8.13. The lowest BCUT2D eigenvalue weighted by molar-refractivity contribution is -0.124. The fourth-order valence-corrected chi connectivity index (χ4v) is 3.28. The SMILES string of the molecule is CN1C(=O)C(C2(O)CCCC2)c2ccccc21. The Labute approximate surface area is 101 Å². The lowest BCUT2D eigenvalue weighted by Crippen LogP contribution is -2.39. The summed E-state index contributed by atoms with van der Waals surface area (Å²) in [6.07, 6.45) is 3.52. The van der Waals surface area contributed by atoms with Crippen LogP contribution >= 0.6 is 0 Å². The molecule has 1 heterocycles. The first kappa shape index (κ1) is 10.8. The average Bonchev–Trinajstić information content (AvgIpc) is 2.85. The molecular formula is C14H17NO2. The molecule has 3 rings (SSSR count). The summed E-state index contributed by atoms with van der Waals surface area (Å²) in [7, 11) is 1.79. The highest BCUT2D eigenvalue weighted by Crippen LogP contribution is 2.48. The zero-order valence-corrected chi connectivity index (χ0v) is 10.0. The summed E-state index contributed by atoms with van der Waals surface area (Å²) >= 11 is 0. The molecule has 1 amide bonds. The van der Waals surface area contributed by atoms with E-state index in [0.29, 0.717) is 0 Å². The van der Waals surface area contributed by atoms with Crippen molar-refractivity contribution in [1.29, 1.82) is 0 Å². The third-order valence-corrected chi connectivity index (χ3v) is 4.19. The molecule has 90 valence electrons. The summed E-state index contributed by atoms with van der Waals surface area (Å²) in [5, 5.41) is 10.7. The van der Waals surface area contributed by atoms with Gasteiger partial charge in [-0.1, -0.05) is 31.0 Å². The smallest absolute Gasteiger partial charge is 0.237 e. The second kappa shape index (κ2) is 3.57. The standard InChI is InChI=1S/C14H17NO2/c1-15-11-7-3-2-6-10(11)12(13(15)16)14(17)8-4-5-9-14/h2-3,6-7,12,17H,4-5,8-9H2,1H3.